The van der Waals surface area contributed by atoms with Crippen LogP contribution < -0.4 is 4.74 Å². The molecule has 0 radical (unpaired) electrons. The molecule has 0 atom stereocenters. The van der Waals surface area contributed by atoms with Gasteiger partial charge in [-0.2, -0.15) is 0 Å². The van der Waals surface area contributed by atoms with Crippen molar-refractivity contribution in [3.8, 4) is 17.2 Å². The van der Waals surface area contributed by atoms with E-state index in [4.69, 9.17) is 9.47 Å². The first kappa shape index (κ1) is 25.0. The molecule has 0 saturated carbocycles. The lowest BCUT2D eigenvalue weighted by Gasteiger charge is -2.38. The van der Waals surface area contributed by atoms with E-state index < -0.39 is 13.9 Å². The van der Waals surface area contributed by atoms with Crippen molar-refractivity contribution in [2.75, 3.05) is 6.79 Å². The van der Waals surface area contributed by atoms with E-state index >= 15 is 0 Å². The summed E-state index contributed by atoms with van der Waals surface area (Å²) in [5, 5.41) is 1.73. The van der Waals surface area contributed by atoms with Crippen LogP contribution in [0.1, 0.15) is 52.7 Å². The second-order valence-corrected chi connectivity index (χ2v) is 15.1. The van der Waals surface area contributed by atoms with Crippen LogP contribution in [-0.4, -0.2) is 14.9 Å². The summed E-state index contributed by atoms with van der Waals surface area (Å²) in [4.78, 5) is 0. The smallest absolute Gasteiger partial charge is 0.189 e. The molecule has 0 aromatic heterocycles. The Kier molecular flexibility index (Phi) is 8.34. The van der Waals surface area contributed by atoms with E-state index in [1.165, 1.54) is 6.07 Å². The Morgan fingerprint density at radius 2 is 1.52 bits per heavy atom. The van der Waals surface area contributed by atoms with Crippen LogP contribution in [0.4, 0.5) is 4.39 Å². The third kappa shape index (κ3) is 5.66. The molecule has 0 aliphatic rings. The SMILES string of the molecule is CC(C)[Si](C#Cc1cccc2cc(OCOCc3ccccc3)c(F)cc12)(C(C)C)C(C)C. The molecule has 0 bridgehead atoms. The Bertz CT molecular complexity index is 1110. The van der Waals surface area contributed by atoms with Crippen molar-refractivity contribution in [3.05, 3.63) is 77.6 Å². The van der Waals surface area contributed by atoms with Crippen molar-refractivity contribution in [1.29, 1.82) is 0 Å². The number of hydrogen-bond donors (Lipinski definition) is 0. The second-order valence-electron chi connectivity index (χ2n) is 9.55. The number of rotatable bonds is 8. The first-order valence-corrected chi connectivity index (χ1v) is 14.0. The molecule has 3 aromatic carbocycles. The fraction of sp³-hybridized carbons (Fsp3) is 0.379. The van der Waals surface area contributed by atoms with Gasteiger partial charge in [-0.1, -0.05) is 89.9 Å². The summed E-state index contributed by atoms with van der Waals surface area (Å²) in [6.45, 7) is 14.2. The molecule has 0 spiro atoms. The number of fused-ring (bicyclic) bond motifs is 1. The predicted octanol–water partition coefficient (Wildman–Crippen LogP) is 8.10. The van der Waals surface area contributed by atoms with Crippen LogP contribution in [-0.2, 0) is 11.3 Å². The average Bonchev–Trinajstić information content (AvgIpc) is 2.77. The normalized spacial score (nSPS) is 11.8. The summed E-state index contributed by atoms with van der Waals surface area (Å²) in [6, 6.07) is 19.0. The van der Waals surface area contributed by atoms with Gasteiger partial charge in [0, 0.05) is 10.9 Å². The third-order valence-corrected chi connectivity index (χ3v) is 12.9. The van der Waals surface area contributed by atoms with Gasteiger partial charge in [0.1, 0.15) is 8.07 Å². The Morgan fingerprint density at radius 3 is 2.15 bits per heavy atom. The van der Waals surface area contributed by atoms with Gasteiger partial charge in [-0.15, -0.1) is 5.54 Å². The van der Waals surface area contributed by atoms with Crippen LogP contribution in [0.25, 0.3) is 10.8 Å². The minimum absolute atomic E-state index is 0.0118. The van der Waals surface area contributed by atoms with Crippen molar-refractivity contribution in [3.63, 3.8) is 0 Å². The van der Waals surface area contributed by atoms with E-state index in [1.807, 2.05) is 48.5 Å². The zero-order valence-corrected chi connectivity index (χ0v) is 21.6. The van der Waals surface area contributed by atoms with Crippen molar-refractivity contribution in [2.24, 2.45) is 0 Å². The molecule has 0 fully saturated rings. The summed E-state index contributed by atoms with van der Waals surface area (Å²) in [5.41, 5.74) is 7.31. The topological polar surface area (TPSA) is 18.5 Å². The average molecular weight is 463 g/mol. The van der Waals surface area contributed by atoms with Gasteiger partial charge in [-0.05, 0) is 45.8 Å². The lowest BCUT2D eigenvalue weighted by atomic mass is 10.0. The molecule has 2 nitrogen and oxygen atoms in total. The highest BCUT2D eigenvalue weighted by atomic mass is 28.3. The maximum atomic E-state index is 14.9. The molecule has 0 aliphatic heterocycles. The molecular weight excluding hydrogens is 427 g/mol. The minimum Gasteiger partial charge on any atom is -0.464 e. The molecule has 33 heavy (non-hydrogen) atoms. The van der Waals surface area contributed by atoms with Crippen molar-refractivity contribution in [2.45, 2.75) is 64.8 Å². The van der Waals surface area contributed by atoms with Crippen LogP contribution in [0.15, 0.2) is 60.7 Å². The molecule has 0 saturated heterocycles. The fourth-order valence-corrected chi connectivity index (χ4v) is 10.2. The summed E-state index contributed by atoms with van der Waals surface area (Å²) >= 11 is 0. The van der Waals surface area contributed by atoms with Gasteiger partial charge >= 0.3 is 0 Å². The monoisotopic (exact) mass is 462 g/mol. The largest absolute Gasteiger partial charge is 0.464 e. The van der Waals surface area contributed by atoms with Crippen LogP contribution in [0.3, 0.4) is 0 Å². The van der Waals surface area contributed by atoms with Gasteiger partial charge < -0.3 is 9.47 Å². The van der Waals surface area contributed by atoms with Gasteiger partial charge in [-0.25, -0.2) is 4.39 Å². The van der Waals surface area contributed by atoms with E-state index in [0.29, 0.717) is 23.2 Å². The van der Waals surface area contributed by atoms with Crippen molar-refractivity contribution < 1.29 is 13.9 Å². The van der Waals surface area contributed by atoms with Crippen molar-refractivity contribution in [1.82, 2.24) is 0 Å². The van der Waals surface area contributed by atoms with E-state index in [0.717, 1.165) is 21.9 Å². The molecule has 0 amide bonds. The maximum Gasteiger partial charge on any atom is 0.189 e. The molecule has 3 aromatic rings. The molecule has 0 aliphatic carbocycles. The molecule has 4 heteroatoms. The van der Waals surface area contributed by atoms with E-state index in [-0.39, 0.29) is 12.5 Å². The fourth-order valence-electron chi connectivity index (χ4n) is 4.95. The Balaban J connectivity index is 1.84. The quantitative estimate of drug-likeness (QED) is 0.146. The lowest BCUT2D eigenvalue weighted by Crippen LogP contribution is -2.43. The molecule has 0 unspecified atom stereocenters. The van der Waals surface area contributed by atoms with Gasteiger partial charge in [0.2, 0.25) is 0 Å². The van der Waals surface area contributed by atoms with Crippen LogP contribution >= 0.6 is 0 Å². The van der Waals surface area contributed by atoms with E-state index in [1.54, 1.807) is 6.07 Å². The summed E-state index contributed by atoms with van der Waals surface area (Å²) < 4.78 is 26.0. The number of hydrogen-bond acceptors (Lipinski definition) is 2. The van der Waals surface area contributed by atoms with Gasteiger partial charge in [0.05, 0.1) is 6.61 Å². The first-order chi connectivity index (χ1) is 15.8. The zero-order chi connectivity index (χ0) is 24.0. The highest BCUT2D eigenvalue weighted by Crippen LogP contribution is 2.41. The molecule has 0 heterocycles. The molecule has 174 valence electrons. The molecular formula is C29H35FO2Si. The van der Waals surface area contributed by atoms with Gasteiger partial charge in [-0.3, -0.25) is 0 Å². The van der Waals surface area contributed by atoms with Crippen LogP contribution in [0, 0.1) is 17.3 Å². The number of benzene rings is 3. The number of halogens is 1. The summed E-state index contributed by atoms with van der Waals surface area (Å²) in [7, 11) is -1.87. The van der Waals surface area contributed by atoms with Crippen LogP contribution in [0.5, 0.6) is 5.75 Å². The third-order valence-electron chi connectivity index (χ3n) is 6.62. The Labute approximate surface area is 199 Å². The Morgan fingerprint density at radius 1 is 0.848 bits per heavy atom. The van der Waals surface area contributed by atoms with Gasteiger partial charge in [0.15, 0.2) is 18.4 Å². The highest BCUT2D eigenvalue weighted by molar-refractivity contribution is 6.90. The predicted molar refractivity (Wildman–Crippen MR) is 139 cm³/mol. The maximum absolute atomic E-state index is 14.9. The minimum atomic E-state index is -1.87. The van der Waals surface area contributed by atoms with Crippen LogP contribution in [0.2, 0.25) is 16.6 Å². The Hall–Kier alpha value is -2.61. The highest BCUT2D eigenvalue weighted by Gasteiger charge is 2.41. The van der Waals surface area contributed by atoms with Crippen molar-refractivity contribution >= 4 is 18.8 Å². The standard InChI is InChI=1S/C29H35FO2Si/c1-21(2)33(22(3)4,23(5)6)16-15-25-13-10-14-26-17-29(28(30)18-27(25)26)32-20-31-19-24-11-8-7-9-12-24/h7-14,17-18,21-23H,19-20H2,1-6H3. The van der Waals surface area contributed by atoms with E-state index in [9.17, 15) is 4.39 Å². The zero-order valence-electron chi connectivity index (χ0n) is 20.6. The van der Waals surface area contributed by atoms with E-state index in [2.05, 4.69) is 53.0 Å². The summed E-state index contributed by atoms with van der Waals surface area (Å²) in [5.74, 6) is 3.26. The van der Waals surface area contributed by atoms with Gasteiger partial charge in [0.25, 0.3) is 0 Å². The number of ether oxygens (including phenoxy) is 2. The summed E-state index contributed by atoms with van der Waals surface area (Å²) in [6.07, 6.45) is 0. The lowest BCUT2D eigenvalue weighted by molar-refractivity contribution is 0.00312. The molecule has 0 N–H and O–H groups in total. The first-order valence-electron chi connectivity index (χ1n) is 11.8. The molecule has 3 rings (SSSR count). The second kappa shape index (κ2) is 11.0.